The predicted molar refractivity (Wildman–Crippen MR) is 114 cm³/mol. The molecular formula is C23H26N2O2S. The lowest BCUT2D eigenvalue weighted by Crippen LogP contribution is -2.28. The normalized spacial score (nSPS) is 20.2. The highest BCUT2D eigenvalue weighted by molar-refractivity contribution is 7.99. The zero-order valence-corrected chi connectivity index (χ0v) is 16.9. The molecule has 1 aliphatic carbocycles. The zero-order valence-electron chi connectivity index (χ0n) is 16.1. The lowest BCUT2D eigenvalue weighted by Gasteiger charge is -2.24. The Morgan fingerprint density at radius 3 is 2.61 bits per heavy atom. The number of hydrogen-bond donors (Lipinski definition) is 2. The van der Waals surface area contributed by atoms with E-state index in [9.17, 15) is 4.79 Å². The summed E-state index contributed by atoms with van der Waals surface area (Å²) in [5, 5.41) is 7.43. The number of nitrogens with two attached hydrogens (primary N) is 1. The molecule has 4 nitrogen and oxygen atoms in total. The molecule has 1 unspecified atom stereocenters. The average molecular weight is 395 g/mol. The first-order valence-electron chi connectivity index (χ1n) is 9.47. The van der Waals surface area contributed by atoms with Crippen molar-refractivity contribution >= 4 is 23.6 Å². The monoisotopic (exact) mass is 394 g/mol. The molecule has 146 valence electrons. The second-order valence-electron chi connectivity index (χ2n) is 7.23. The fourth-order valence-electron chi connectivity index (χ4n) is 3.47. The van der Waals surface area contributed by atoms with Crippen LogP contribution in [0.1, 0.15) is 37.3 Å². The molecule has 0 spiro atoms. The van der Waals surface area contributed by atoms with Gasteiger partial charge in [0.1, 0.15) is 12.4 Å². The summed E-state index contributed by atoms with van der Waals surface area (Å²) in [4.78, 5) is 14.1. The van der Waals surface area contributed by atoms with Crippen LogP contribution in [0.5, 0.6) is 0 Å². The van der Waals surface area contributed by atoms with Crippen molar-refractivity contribution in [2.75, 3.05) is 5.75 Å². The Morgan fingerprint density at radius 1 is 1.21 bits per heavy atom. The quantitative estimate of drug-likeness (QED) is 0.230. The molecule has 3 N–H and O–H groups in total. The Hall–Kier alpha value is -2.53. The summed E-state index contributed by atoms with van der Waals surface area (Å²) >= 11 is 1.78. The van der Waals surface area contributed by atoms with E-state index in [0.29, 0.717) is 5.56 Å². The number of rotatable bonds is 7. The topological polar surface area (TPSA) is 76.2 Å². The summed E-state index contributed by atoms with van der Waals surface area (Å²) in [5.41, 5.74) is 7.68. The zero-order chi connectivity index (χ0) is 20.0. The third-order valence-electron chi connectivity index (χ3n) is 5.24. The van der Waals surface area contributed by atoms with Gasteiger partial charge in [0, 0.05) is 16.2 Å². The molecule has 5 heteroatoms. The van der Waals surface area contributed by atoms with Gasteiger partial charge in [-0.15, -0.1) is 11.8 Å². The number of hydrogen-bond acceptors (Lipinski definition) is 4. The summed E-state index contributed by atoms with van der Waals surface area (Å²) in [6.07, 6.45) is 5.00. The molecule has 1 atom stereocenters. The maximum atomic E-state index is 12.8. The van der Waals surface area contributed by atoms with Crippen LogP contribution in [0.2, 0.25) is 0 Å². The highest BCUT2D eigenvalue weighted by Crippen LogP contribution is 2.44. The molecule has 0 radical (unpaired) electrons. The van der Waals surface area contributed by atoms with Crippen molar-refractivity contribution < 1.29 is 9.53 Å². The van der Waals surface area contributed by atoms with E-state index in [4.69, 9.17) is 15.9 Å². The number of amidine groups is 1. The molecule has 0 bridgehead atoms. The van der Waals surface area contributed by atoms with Gasteiger partial charge in [0.2, 0.25) is 0 Å². The summed E-state index contributed by atoms with van der Waals surface area (Å²) in [7, 11) is 0. The van der Waals surface area contributed by atoms with Gasteiger partial charge in [-0.2, -0.15) is 0 Å². The molecule has 3 rings (SSSR count). The summed E-state index contributed by atoms with van der Waals surface area (Å²) in [6, 6.07) is 17.5. The van der Waals surface area contributed by atoms with Gasteiger partial charge >= 0.3 is 5.97 Å². The highest BCUT2D eigenvalue weighted by Gasteiger charge is 2.41. The molecule has 1 saturated carbocycles. The molecule has 2 aromatic carbocycles. The number of carbonyl (C=O) groups excluding carboxylic acids is 1. The lowest BCUT2D eigenvalue weighted by atomic mass is 9.84. The molecule has 2 aromatic rings. The first-order valence-corrected chi connectivity index (χ1v) is 10.5. The van der Waals surface area contributed by atoms with E-state index in [-0.39, 0.29) is 18.4 Å². The van der Waals surface area contributed by atoms with Crippen LogP contribution in [-0.2, 0) is 16.1 Å². The van der Waals surface area contributed by atoms with Gasteiger partial charge in [-0.05, 0) is 43.9 Å². The Balaban J connectivity index is 1.59. The highest BCUT2D eigenvalue weighted by atomic mass is 32.2. The average Bonchev–Trinajstić information content (AvgIpc) is 3.09. The maximum Gasteiger partial charge on any atom is 0.316 e. The Bertz CT molecular complexity index is 862. The molecule has 1 fully saturated rings. The fraction of sp³-hybridized carbons (Fsp3) is 0.304. The van der Waals surface area contributed by atoms with Crippen LogP contribution in [0.25, 0.3) is 0 Å². The van der Waals surface area contributed by atoms with Crippen LogP contribution >= 0.6 is 11.8 Å². The molecule has 0 amide bonds. The molecule has 28 heavy (non-hydrogen) atoms. The van der Waals surface area contributed by atoms with Crippen molar-refractivity contribution in [3.8, 4) is 0 Å². The van der Waals surface area contributed by atoms with E-state index >= 15 is 0 Å². The van der Waals surface area contributed by atoms with E-state index < -0.39 is 5.41 Å². The van der Waals surface area contributed by atoms with Crippen molar-refractivity contribution in [3.05, 3.63) is 77.4 Å². The van der Waals surface area contributed by atoms with E-state index in [1.54, 1.807) is 23.9 Å². The number of nitrogens with one attached hydrogen (secondary N) is 1. The first kappa shape index (κ1) is 20.2. The third kappa shape index (κ3) is 4.84. The molecule has 1 aliphatic rings. The SMILES string of the molecule is CC1(C(=O)OCc2ccc(C(=N)N)cc2)CCC/C1=C\CSc1ccccc1. The number of esters is 1. The Labute approximate surface area is 170 Å². The minimum absolute atomic E-state index is 0.0326. The number of ether oxygens (including phenoxy) is 1. The summed E-state index contributed by atoms with van der Waals surface area (Å²) in [6.45, 7) is 2.23. The largest absolute Gasteiger partial charge is 0.460 e. The fourth-order valence-corrected chi connectivity index (χ4v) is 4.30. The van der Waals surface area contributed by atoms with Gasteiger partial charge in [0.15, 0.2) is 0 Å². The van der Waals surface area contributed by atoms with Gasteiger partial charge in [-0.1, -0.05) is 54.1 Å². The van der Waals surface area contributed by atoms with E-state index in [0.717, 1.165) is 30.6 Å². The maximum absolute atomic E-state index is 12.8. The van der Waals surface area contributed by atoms with Gasteiger partial charge < -0.3 is 10.5 Å². The van der Waals surface area contributed by atoms with Crippen molar-refractivity contribution in [2.24, 2.45) is 11.1 Å². The molecule has 0 saturated heterocycles. The predicted octanol–water partition coefficient (Wildman–Crippen LogP) is 4.92. The van der Waals surface area contributed by atoms with E-state index in [1.165, 1.54) is 10.5 Å². The van der Waals surface area contributed by atoms with Crippen molar-refractivity contribution in [1.82, 2.24) is 0 Å². The van der Waals surface area contributed by atoms with Crippen LogP contribution in [-0.4, -0.2) is 17.6 Å². The van der Waals surface area contributed by atoms with Crippen LogP contribution < -0.4 is 5.73 Å². The lowest BCUT2D eigenvalue weighted by molar-refractivity contribution is -0.153. The number of nitrogen functional groups attached to an aromatic ring is 1. The summed E-state index contributed by atoms with van der Waals surface area (Å²) < 4.78 is 5.64. The molecule has 0 aliphatic heterocycles. The standard InChI is InChI=1S/C23H26N2O2S/c1-23(22(26)27-16-17-9-11-18(12-10-17)21(24)25)14-5-6-19(23)13-15-28-20-7-3-2-4-8-20/h2-4,7-13H,5-6,14-16H2,1H3,(H3,24,25)/b19-13+. The van der Waals surface area contributed by atoms with Crippen LogP contribution in [0, 0.1) is 10.8 Å². The minimum Gasteiger partial charge on any atom is -0.460 e. The number of benzene rings is 2. The van der Waals surface area contributed by atoms with Crippen LogP contribution in [0.3, 0.4) is 0 Å². The second kappa shape index (κ2) is 9.11. The number of carbonyl (C=O) groups is 1. The van der Waals surface area contributed by atoms with Crippen molar-refractivity contribution in [1.29, 1.82) is 5.41 Å². The summed E-state index contributed by atoms with van der Waals surface area (Å²) in [5.74, 6) is 0.733. The van der Waals surface area contributed by atoms with Crippen molar-refractivity contribution in [3.63, 3.8) is 0 Å². The first-order chi connectivity index (χ1) is 13.5. The van der Waals surface area contributed by atoms with Gasteiger partial charge in [0.25, 0.3) is 0 Å². The molecular weight excluding hydrogens is 368 g/mol. The number of thioether (sulfide) groups is 1. The smallest absolute Gasteiger partial charge is 0.316 e. The van der Waals surface area contributed by atoms with Crippen LogP contribution in [0.4, 0.5) is 0 Å². The second-order valence-corrected chi connectivity index (χ2v) is 8.32. The van der Waals surface area contributed by atoms with Gasteiger partial charge in [-0.3, -0.25) is 10.2 Å². The van der Waals surface area contributed by atoms with Crippen molar-refractivity contribution in [2.45, 2.75) is 37.7 Å². The van der Waals surface area contributed by atoms with Gasteiger partial charge in [0.05, 0.1) is 5.41 Å². The molecule has 0 heterocycles. The third-order valence-corrected chi connectivity index (χ3v) is 6.18. The van der Waals surface area contributed by atoms with E-state index in [2.05, 4.69) is 18.2 Å². The van der Waals surface area contributed by atoms with Crippen LogP contribution in [0.15, 0.2) is 71.1 Å². The minimum atomic E-state index is -0.531. The van der Waals surface area contributed by atoms with E-state index in [1.807, 2.05) is 37.3 Å². The Morgan fingerprint density at radius 2 is 1.93 bits per heavy atom. The van der Waals surface area contributed by atoms with Gasteiger partial charge in [-0.25, -0.2) is 0 Å². The molecule has 0 aromatic heterocycles. The Kier molecular flexibility index (Phi) is 6.57.